The van der Waals surface area contributed by atoms with Crippen molar-refractivity contribution in [2.45, 2.75) is 126 Å². The Balaban J connectivity index is 0.00000161. The third-order valence-corrected chi connectivity index (χ3v) is 11.2. The number of allylic oxidation sites excluding steroid dienone is 4. The maximum absolute atomic E-state index is 2.69. The topological polar surface area (TPSA) is 0 Å². The normalized spacial score (nSPS) is 24.7. The van der Waals surface area contributed by atoms with Gasteiger partial charge in [0.25, 0.3) is 0 Å². The monoisotopic (exact) mass is 680 g/mol. The molecule has 1 saturated carbocycles. The molecule has 0 heterocycles. The summed E-state index contributed by atoms with van der Waals surface area (Å²) in [6.45, 7) is 28.9. The number of hydrogen-bond donors (Lipinski definition) is 0. The minimum atomic E-state index is 0. The Morgan fingerprint density at radius 1 is 0.690 bits per heavy atom. The minimum Gasteiger partial charge on any atom is -1.00 e. The Hall–Kier alpha value is -0.617. The number of rotatable bonds is 1. The zero-order chi connectivity index (χ0) is 28.4. The summed E-state index contributed by atoms with van der Waals surface area (Å²) in [5, 5.41) is 0. The van der Waals surface area contributed by atoms with E-state index in [2.05, 4.69) is 113 Å². The van der Waals surface area contributed by atoms with E-state index in [1.165, 1.54) is 59.1 Å². The van der Waals surface area contributed by atoms with Crippen LogP contribution in [0.3, 0.4) is 0 Å². The number of fused-ring (bicyclic) bond motifs is 5. The van der Waals surface area contributed by atoms with E-state index in [-0.39, 0.29) is 72.7 Å². The summed E-state index contributed by atoms with van der Waals surface area (Å²) < 4.78 is 0. The number of aryl methyl sites for hydroxylation is 2. The largest absolute Gasteiger partial charge is 2.00 e. The van der Waals surface area contributed by atoms with Crippen LogP contribution in [0.25, 0.3) is 11.1 Å². The fourth-order valence-electron chi connectivity index (χ4n) is 9.43. The second-order valence-corrected chi connectivity index (χ2v) is 16.9. The van der Waals surface area contributed by atoms with Gasteiger partial charge in [0, 0.05) is 11.3 Å². The summed E-state index contributed by atoms with van der Waals surface area (Å²) in [7, 11) is 0. The third-order valence-electron chi connectivity index (χ3n) is 11.2. The predicted octanol–water partition coefficient (Wildman–Crippen LogP) is 5.13. The smallest absolute Gasteiger partial charge is 1.00 e. The van der Waals surface area contributed by atoms with E-state index < -0.39 is 0 Å². The molecular weight excluding hydrogens is 631 g/mol. The van der Waals surface area contributed by atoms with Crippen LogP contribution in [0.15, 0.2) is 47.1 Å². The molecule has 0 radical (unpaired) electrons. The SMILES string of the molecule is Cc1cc2c(cc1C(C)(C)C)-c1cc(C(C)(C)C)c(C)cc1C2C1(C)C2=C(CC(C(C)(C)C)=C2)C2CCCC21.[Cl-].[Cl-].[Zr+2]. The first-order chi connectivity index (χ1) is 17.9. The van der Waals surface area contributed by atoms with E-state index >= 15 is 0 Å². The van der Waals surface area contributed by atoms with E-state index in [1.807, 2.05) is 5.57 Å². The van der Waals surface area contributed by atoms with Crippen LogP contribution in [0, 0.1) is 36.5 Å². The quantitative estimate of drug-likeness (QED) is 0.392. The van der Waals surface area contributed by atoms with Crippen molar-refractivity contribution in [3.63, 3.8) is 0 Å². The van der Waals surface area contributed by atoms with E-state index in [9.17, 15) is 0 Å². The molecule has 3 unspecified atom stereocenters. The summed E-state index contributed by atoms with van der Waals surface area (Å²) in [6, 6.07) is 10.4. The van der Waals surface area contributed by atoms with Gasteiger partial charge in [-0.05, 0) is 111 Å². The van der Waals surface area contributed by atoms with Crippen molar-refractivity contribution in [1.29, 1.82) is 0 Å². The molecule has 0 amide bonds. The molecule has 226 valence electrons. The van der Waals surface area contributed by atoms with Crippen molar-refractivity contribution in [2.75, 3.05) is 0 Å². The third kappa shape index (κ3) is 5.22. The molecule has 2 aromatic carbocycles. The van der Waals surface area contributed by atoms with Crippen molar-refractivity contribution >= 4 is 0 Å². The van der Waals surface area contributed by atoms with Crippen LogP contribution >= 0.6 is 0 Å². The number of hydrogen-bond acceptors (Lipinski definition) is 0. The zero-order valence-corrected chi connectivity index (χ0v) is 32.2. The van der Waals surface area contributed by atoms with Crippen LogP contribution in [0.1, 0.15) is 134 Å². The molecular formula is C39H52Cl2Zr. The average Bonchev–Trinajstić information content (AvgIpc) is 3.53. The van der Waals surface area contributed by atoms with Crippen molar-refractivity contribution < 1.29 is 51.0 Å². The minimum absolute atomic E-state index is 0. The molecule has 3 heteroatoms. The molecule has 0 aliphatic heterocycles. The Kier molecular flexibility index (Phi) is 9.67. The molecule has 0 N–H and O–H groups in total. The fourth-order valence-corrected chi connectivity index (χ4v) is 9.43. The van der Waals surface area contributed by atoms with E-state index in [0.29, 0.717) is 5.92 Å². The molecule has 2 aromatic rings. The first-order valence-corrected chi connectivity index (χ1v) is 15.7. The Labute approximate surface area is 288 Å². The maximum atomic E-state index is 2.69. The van der Waals surface area contributed by atoms with Gasteiger partial charge in [0.15, 0.2) is 0 Å². The zero-order valence-electron chi connectivity index (χ0n) is 28.2. The molecule has 0 bridgehead atoms. The summed E-state index contributed by atoms with van der Waals surface area (Å²) in [5.41, 5.74) is 18.0. The second-order valence-electron chi connectivity index (χ2n) is 16.9. The molecule has 1 fully saturated rings. The standard InChI is InChI=1S/C39H52.2ClH.Zr/c1-22-16-29-26(20-32(22)37(6,7)8)27-21-33(38(9,10)11)23(2)17-30(27)35(29)39(12)31-15-13-14-25(31)28-18-24(19-34(28)39)36(3,4)5;;;/h16-17,19-21,25,31,35H,13-15,18H2,1-12H3;2*1H;/q;;;+2/p-2. The predicted molar refractivity (Wildman–Crippen MR) is 169 cm³/mol. The summed E-state index contributed by atoms with van der Waals surface area (Å²) >= 11 is 0. The molecule has 0 spiro atoms. The van der Waals surface area contributed by atoms with Gasteiger partial charge in [-0.15, -0.1) is 0 Å². The van der Waals surface area contributed by atoms with Gasteiger partial charge in [0.1, 0.15) is 0 Å². The molecule has 0 nitrogen and oxygen atoms in total. The van der Waals surface area contributed by atoms with E-state index in [1.54, 1.807) is 22.3 Å². The van der Waals surface area contributed by atoms with Gasteiger partial charge in [-0.25, -0.2) is 0 Å². The van der Waals surface area contributed by atoms with Crippen molar-refractivity contribution in [3.05, 3.63) is 80.4 Å². The number of halogens is 2. The van der Waals surface area contributed by atoms with Gasteiger partial charge in [-0.1, -0.05) is 117 Å². The molecule has 6 rings (SSSR count). The van der Waals surface area contributed by atoms with Crippen LogP contribution < -0.4 is 24.8 Å². The van der Waals surface area contributed by atoms with Gasteiger partial charge >= 0.3 is 26.2 Å². The van der Waals surface area contributed by atoms with Gasteiger partial charge in [0.05, 0.1) is 0 Å². The van der Waals surface area contributed by atoms with Crippen LogP contribution in [0.2, 0.25) is 0 Å². The first kappa shape index (κ1) is 35.9. The second kappa shape index (κ2) is 11.3. The molecule has 0 saturated heterocycles. The molecule has 0 aromatic heterocycles. The molecule has 42 heavy (non-hydrogen) atoms. The van der Waals surface area contributed by atoms with Crippen molar-refractivity contribution in [3.8, 4) is 11.1 Å². The van der Waals surface area contributed by atoms with Gasteiger partial charge in [-0.2, -0.15) is 0 Å². The summed E-state index contributed by atoms with van der Waals surface area (Å²) in [5.74, 6) is 1.96. The van der Waals surface area contributed by atoms with Crippen LogP contribution in [0.4, 0.5) is 0 Å². The van der Waals surface area contributed by atoms with Crippen molar-refractivity contribution in [2.24, 2.45) is 22.7 Å². The van der Waals surface area contributed by atoms with E-state index in [4.69, 9.17) is 0 Å². The van der Waals surface area contributed by atoms with Gasteiger partial charge < -0.3 is 24.8 Å². The average molecular weight is 683 g/mol. The summed E-state index contributed by atoms with van der Waals surface area (Å²) in [6.07, 6.45) is 8.07. The molecule has 3 atom stereocenters. The van der Waals surface area contributed by atoms with Crippen LogP contribution in [-0.2, 0) is 37.0 Å². The van der Waals surface area contributed by atoms with Crippen molar-refractivity contribution in [1.82, 2.24) is 0 Å². The van der Waals surface area contributed by atoms with Gasteiger partial charge in [-0.3, -0.25) is 0 Å². The molecule has 4 aliphatic carbocycles. The van der Waals surface area contributed by atoms with Gasteiger partial charge in [0.2, 0.25) is 0 Å². The Bertz CT molecular complexity index is 1380. The first-order valence-electron chi connectivity index (χ1n) is 15.7. The van der Waals surface area contributed by atoms with E-state index in [0.717, 1.165) is 11.8 Å². The fraction of sp³-hybridized carbons (Fsp3) is 0.590. The summed E-state index contributed by atoms with van der Waals surface area (Å²) in [4.78, 5) is 0. The van der Waals surface area contributed by atoms with Crippen LogP contribution in [0.5, 0.6) is 0 Å². The Morgan fingerprint density at radius 2 is 1.17 bits per heavy atom. The number of benzene rings is 2. The maximum Gasteiger partial charge on any atom is 2.00 e. The Morgan fingerprint density at radius 3 is 1.60 bits per heavy atom. The van der Waals surface area contributed by atoms with Crippen LogP contribution in [-0.4, -0.2) is 0 Å². The molecule has 4 aliphatic rings.